The van der Waals surface area contributed by atoms with Crippen LogP contribution in [0.4, 0.5) is 75.0 Å². The van der Waals surface area contributed by atoms with E-state index in [0.29, 0.717) is 12.8 Å². The number of amides is 1. The van der Waals surface area contributed by atoms with Gasteiger partial charge < -0.3 is 10.0 Å². The van der Waals surface area contributed by atoms with Crippen LogP contribution in [0.2, 0.25) is 0 Å². The van der Waals surface area contributed by atoms with Crippen LogP contribution in [0.15, 0.2) is 0 Å². The maximum absolute atomic E-state index is 13.9. The van der Waals surface area contributed by atoms with Crippen LogP contribution in [0.1, 0.15) is 32.6 Å². The number of alkyl halides is 16. The monoisotopic (exact) mass is 559 g/mol. The summed E-state index contributed by atoms with van der Waals surface area (Å²) in [5.41, 5.74) is 0. The lowest BCUT2D eigenvalue weighted by molar-refractivity contribution is -0.446. The van der Waals surface area contributed by atoms with Crippen LogP contribution < -0.4 is 0 Å². The van der Waals surface area contributed by atoms with E-state index >= 15 is 0 Å². The Labute approximate surface area is 186 Å². The third kappa shape index (κ3) is 5.46. The van der Waals surface area contributed by atoms with Gasteiger partial charge in [-0.3, -0.25) is 0 Å². The fraction of sp³-hybridized carbons (Fsp3) is 0.938. The first kappa shape index (κ1) is 33.1. The lowest BCUT2D eigenvalue weighted by atomic mass is 9.89. The van der Waals surface area contributed by atoms with Crippen molar-refractivity contribution >= 4 is 6.09 Å². The Kier molecular flexibility index (Phi) is 9.71. The standard InChI is InChI=1S/C16H17F16NO2/c1-2-3-4-5-6-33(9(34)35)7-10(19,20)12(23,24)14(27,28)16(31,32)15(29,30)13(25,26)11(21,22)8(17)18/h8H,2-7H2,1H3,(H,34,35). The van der Waals surface area contributed by atoms with Crippen molar-refractivity contribution in [1.29, 1.82) is 0 Å². The van der Waals surface area contributed by atoms with Gasteiger partial charge in [-0.25, -0.2) is 13.6 Å². The highest BCUT2D eigenvalue weighted by molar-refractivity contribution is 5.65. The van der Waals surface area contributed by atoms with Gasteiger partial charge in [0, 0.05) is 6.54 Å². The van der Waals surface area contributed by atoms with Gasteiger partial charge >= 0.3 is 54.0 Å². The summed E-state index contributed by atoms with van der Waals surface area (Å²) in [5.74, 6) is -55.4. The van der Waals surface area contributed by atoms with E-state index in [1.807, 2.05) is 0 Å². The van der Waals surface area contributed by atoms with Crippen molar-refractivity contribution < 1.29 is 80.1 Å². The summed E-state index contributed by atoms with van der Waals surface area (Å²) >= 11 is 0. The number of carboxylic acid groups (broad SMARTS) is 1. The summed E-state index contributed by atoms with van der Waals surface area (Å²) in [6, 6.07) is 0. The number of hydrogen-bond donors (Lipinski definition) is 1. The summed E-state index contributed by atoms with van der Waals surface area (Å²) in [6.45, 7) is -2.50. The minimum atomic E-state index is -8.50. The summed E-state index contributed by atoms with van der Waals surface area (Å²) in [6.07, 6.45) is -7.84. The maximum Gasteiger partial charge on any atom is 0.407 e. The van der Waals surface area contributed by atoms with Gasteiger partial charge in [-0.05, 0) is 6.42 Å². The molecule has 0 aliphatic rings. The first-order valence-electron chi connectivity index (χ1n) is 9.22. The highest BCUT2D eigenvalue weighted by atomic mass is 19.4. The zero-order valence-corrected chi connectivity index (χ0v) is 17.2. The molecule has 0 aliphatic heterocycles. The van der Waals surface area contributed by atoms with E-state index in [9.17, 15) is 75.0 Å². The number of carbonyl (C=O) groups is 1. The molecule has 0 saturated heterocycles. The third-order valence-electron chi connectivity index (χ3n) is 4.67. The Hall–Kier alpha value is -1.85. The van der Waals surface area contributed by atoms with Gasteiger partial charge in [-0.1, -0.05) is 26.2 Å². The van der Waals surface area contributed by atoms with Gasteiger partial charge in [-0.15, -0.1) is 0 Å². The topological polar surface area (TPSA) is 40.5 Å². The molecule has 0 atom stereocenters. The summed E-state index contributed by atoms with van der Waals surface area (Å²) in [7, 11) is 0. The second-order valence-corrected chi connectivity index (χ2v) is 7.26. The molecule has 0 aromatic carbocycles. The smallest absolute Gasteiger partial charge is 0.407 e. The van der Waals surface area contributed by atoms with Gasteiger partial charge in [0.2, 0.25) is 0 Å². The van der Waals surface area contributed by atoms with Crippen molar-refractivity contribution in [2.75, 3.05) is 13.1 Å². The summed E-state index contributed by atoms with van der Waals surface area (Å²) in [5, 5.41) is 8.74. The van der Waals surface area contributed by atoms with E-state index in [4.69, 9.17) is 5.11 Å². The molecule has 1 amide bonds. The molecule has 0 heterocycles. The van der Waals surface area contributed by atoms with Crippen LogP contribution in [0.25, 0.3) is 0 Å². The van der Waals surface area contributed by atoms with Crippen LogP contribution in [0.3, 0.4) is 0 Å². The second kappa shape index (κ2) is 10.3. The molecular formula is C16H17F16NO2. The molecule has 0 aromatic rings. The molecule has 19 heteroatoms. The highest BCUT2D eigenvalue weighted by Crippen LogP contribution is 2.62. The predicted octanol–water partition coefficient (Wildman–Crippen LogP) is 7.26. The van der Waals surface area contributed by atoms with Crippen molar-refractivity contribution in [3.8, 4) is 0 Å². The minimum Gasteiger partial charge on any atom is -0.465 e. The molecule has 0 saturated carbocycles. The van der Waals surface area contributed by atoms with Gasteiger partial charge in [0.15, 0.2) is 0 Å². The van der Waals surface area contributed by atoms with E-state index in [1.165, 1.54) is 0 Å². The number of rotatable bonds is 14. The lowest BCUT2D eigenvalue weighted by Crippen LogP contribution is -2.74. The number of halogens is 16. The Balaban J connectivity index is 6.37. The molecule has 3 nitrogen and oxygen atoms in total. The van der Waals surface area contributed by atoms with Crippen LogP contribution >= 0.6 is 0 Å². The Morgan fingerprint density at radius 3 is 1.46 bits per heavy atom. The van der Waals surface area contributed by atoms with E-state index in [2.05, 4.69) is 0 Å². The molecule has 0 unspecified atom stereocenters. The second-order valence-electron chi connectivity index (χ2n) is 7.26. The van der Waals surface area contributed by atoms with E-state index in [-0.39, 0.29) is 12.8 Å². The fourth-order valence-electron chi connectivity index (χ4n) is 2.48. The van der Waals surface area contributed by atoms with Gasteiger partial charge in [0.1, 0.15) is 0 Å². The molecular weight excluding hydrogens is 542 g/mol. The molecule has 0 aliphatic carbocycles. The molecule has 0 rings (SSSR count). The predicted molar refractivity (Wildman–Crippen MR) is 84.4 cm³/mol. The Morgan fingerprint density at radius 1 is 0.686 bits per heavy atom. The van der Waals surface area contributed by atoms with Crippen LogP contribution in [0.5, 0.6) is 0 Å². The molecule has 1 N–H and O–H groups in total. The van der Waals surface area contributed by atoms with Crippen molar-refractivity contribution in [3.05, 3.63) is 0 Å². The third-order valence-corrected chi connectivity index (χ3v) is 4.67. The van der Waals surface area contributed by atoms with Crippen molar-refractivity contribution in [2.45, 2.75) is 80.5 Å². The SMILES string of the molecule is CCCCCCN(CC(F)(F)C(F)(F)C(F)(F)C(F)(F)C(F)(F)C(F)(F)C(F)(F)C(F)F)C(=O)O. The van der Waals surface area contributed by atoms with E-state index < -0.39 is 72.0 Å². The zero-order valence-electron chi connectivity index (χ0n) is 17.2. The minimum absolute atomic E-state index is 0.0795. The van der Waals surface area contributed by atoms with Gasteiger partial charge in [0.25, 0.3) is 0 Å². The Morgan fingerprint density at radius 2 is 1.09 bits per heavy atom. The van der Waals surface area contributed by atoms with Crippen LogP contribution in [0, 0.1) is 0 Å². The van der Waals surface area contributed by atoms with Gasteiger partial charge in [-0.2, -0.15) is 61.5 Å². The molecule has 0 radical (unpaired) electrons. The van der Waals surface area contributed by atoms with E-state index in [0.717, 1.165) is 0 Å². The lowest BCUT2D eigenvalue weighted by Gasteiger charge is -2.43. The molecule has 0 fully saturated rings. The summed E-state index contributed by atoms with van der Waals surface area (Å²) in [4.78, 5) is 10.2. The molecule has 0 spiro atoms. The van der Waals surface area contributed by atoms with Gasteiger partial charge in [0.05, 0.1) is 6.54 Å². The fourth-order valence-corrected chi connectivity index (χ4v) is 2.48. The normalized spacial score (nSPS) is 15.0. The molecule has 0 bridgehead atoms. The Bertz CT molecular complexity index is 724. The zero-order chi connectivity index (χ0) is 28.5. The maximum atomic E-state index is 13.9. The molecule has 0 aromatic heterocycles. The molecule has 35 heavy (non-hydrogen) atoms. The highest BCUT2D eigenvalue weighted by Gasteiger charge is 2.93. The van der Waals surface area contributed by atoms with Crippen molar-refractivity contribution in [3.63, 3.8) is 0 Å². The largest absolute Gasteiger partial charge is 0.465 e. The first-order valence-corrected chi connectivity index (χ1v) is 9.22. The first-order chi connectivity index (χ1) is 15.3. The van der Waals surface area contributed by atoms with Crippen molar-refractivity contribution in [2.24, 2.45) is 0 Å². The number of hydrogen-bond acceptors (Lipinski definition) is 1. The molecule has 210 valence electrons. The van der Waals surface area contributed by atoms with E-state index in [1.54, 1.807) is 6.92 Å². The quantitative estimate of drug-likeness (QED) is 0.180. The van der Waals surface area contributed by atoms with Crippen LogP contribution in [-0.2, 0) is 0 Å². The van der Waals surface area contributed by atoms with Crippen LogP contribution in [-0.4, -0.2) is 77.1 Å². The van der Waals surface area contributed by atoms with Crippen molar-refractivity contribution in [1.82, 2.24) is 4.90 Å². The summed E-state index contributed by atoms with van der Waals surface area (Å²) < 4.78 is 213. The number of unbranched alkanes of at least 4 members (excludes halogenated alkanes) is 3. The average Bonchev–Trinajstić information content (AvgIpc) is 2.68. The number of nitrogens with zero attached hydrogens (tertiary/aromatic N) is 1. The average molecular weight is 559 g/mol.